The lowest BCUT2D eigenvalue weighted by atomic mass is 9.86. The summed E-state index contributed by atoms with van der Waals surface area (Å²) in [5.74, 6) is -1.40. The van der Waals surface area contributed by atoms with Gasteiger partial charge in [0.05, 0.1) is 12.4 Å². The second kappa shape index (κ2) is 8.65. The zero-order valence-electron chi connectivity index (χ0n) is 15.0. The van der Waals surface area contributed by atoms with Crippen molar-refractivity contribution in [2.24, 2.45) is 11.1 Å². The maximum absolute atomic E-state index is 11.0. The molecule has 3 rings (SSSR count). The van der Waals surface area contributed by atoms with Crippen LogP contribution in [0.5, 0.6) is 0 Å². The minimum atomic E-state index is -0.986. The van der Waals surface area contributed by atoms with Crippen LogP contribution in [-0.2, 0) is 16.1 Å². The first-order valence-electron chi connectivity index (χ1n) is 9.17. The van der Waals surface area contributed by atoms with E-state index in [1.807, 2.05) is 25.3 Å². The molecular weight excluding hydrogens is 330 g/mol. The number of nitrogens with zero attached hydrogens (tertiary/aromatic N) is 3. The standard InChI is InChI=1S/C20H25N3O3/c1-2-15(20(24)25)7-5-13-26-22-19-17-8-4-3-6-16(17)9-10-18(19)23-12-11-21-14-23/h3-4,6,8,11-12,14-15,18H,2,5,7,9-10,13H2,1H3,(H,24,25)/p-1/b22-19+. The minimum Gasteiger partial charge on any atom is -0.550 e. The average molecular weight is 354 g/mol. The van der Waals surface area contributed by atoms with E-state index in [1.165, 1.54) is 5.56 Å². The summed E-state index contributed by atoms with van der Waals surface area (Å²) in [6.45, 7) is 2.25. The van der Waals surface area contributed by atoms with Crippen molar-refractivity contribution in [3.05, 3.63) is 54.1 Å². The quantitative estimate of drug-likeness (QED) is 0.538. The molecule has 2 aromatic rings. The summed E-state index contributed by atoms with van der Waals surface area (Å²) in [6, 6.07) is 8.35. The van der Waals surface area contributed by atoms with Crippen LogP contribution in [0, 0.1) is 5.92 Å². The van der Waals surface area contributed by atoms with Gasteiger partial charge in [0.2, 0.25) is 0 Å². The minimum absolute atomic E-state index is 0.0963. The fourth-order valence-electron chi connectivity index (χ4n) is 3.45. The van der Waals surface area contributed by atoms with Gasteiger partial charge in [0.25, 0.3) is 0 Å². The number of aliphatic carboxylic acids is 1. The molecule has 0 aliphatic heterocycles. The Bertz CT molecular complexity index is 755. The number of hydrogen-bond donors (Lipinski definition) is 0. The molecule has 0 fully saturated rings. The summed E-state index contributed by atoms with van der Waals surface area (Å²) < 4.78 is 2.06. The molecule has 0 saturated heterocycles. The van der Waals surface area contributed by atoms with Gasteiger partial charge in [0.15, 0.2) is 0 Å². The number of aromatic nitrogens is 2. The molecule has 2 unspecified atom stereocenters. The number of hydrogen-bond acceptors (Lipinski definition) is 5. The number of carbonyl (C=O) groups is 1. The third-order valence-electron chi connectivity index (χ3n) is 4.96. The van der Waals surface area contributed by atoms with Gasteiger partial charge in [0, 0.05) is 23.9 Å². The molecule has 138 valence electrons. The molecule has 0 amide bonds. The Morgan fingerprint density at radius 3 is 3.04 bits per heavy atom. The van der Waals surface area contributed by atoms with Crippen molar-refractivity contribution in [3.8, 4) is 0 Å². The van der Waals surface area contributed by atoms with Crippen LogP contribution in [-0.4, -0.2) is 27.8 Å². The molecular formula is C20H24N3O3-. The normalized spacial score (nSPS) is 19.1. The zero-order chi connectivity index (χ0) is 18.4. The number of oxime groups is 1. The molecule has 0 saturated carbocycles. The number of benzene rings is 1. The number of carboxylic acids is 1. The Morgan fingerprint density at radius 1 is 1.46 bits per heavy atom. The molecule has 1 aliphatic carbocycles. The van der Waals surface area contributed by atoms with Gasteiger partial charge in [-0.2, -0.15) is 0 Å². The lowest BCUT2D eigenvalue weighted by Gasteiger charge is -2.27. The van der Waals surface area contributed by atoms with Crippen LogP contribution in [0.4, 0.5) is 0 Å². The van der Waals surface area contributed by atoms with Crippen molar-refractivity contribution in [1.29, 1.82) is 0 Å². The Labute approximate surface area is 153 Å². The number of carboxylic acid groups (broad SMARTS) is 1. The summed E-state index contributed by atoms with van der Waals surface area (Å²) in [4.78, 5) is 20.7. The van der Waals surface area contributed by atoms with E-state index in [9.17, 15) is 9.90 Å². The first-order chi connectivity index (χ1) is 12.7. The van der Waals surface area contributed by atoms with Gasteiger partial charge in [0.1, 0.15) is 12.3 Å². The molecule has 0 N–H and O–H groups in total. The first kappa shape index (κ1) is 18.2. The van der Waals surface area contributed by atoms with Gasteiger partial charge in [-0.05, 0) is 43.6 Å². The molecule has 1 aliphatic rings. The van der Waals surface area contributed by atoms with Crippen LogP contribution in [0.1, 0.15) is 49.8 Å². The van der Waals surface area contributed by atoms with Crippen molar-refractivity contribution < 1.29 is 14.7 Å². The number of fused-ring (bicyclic) bond motifs is 1. The van der Waals surface area contributed by atoms with Gasteiger partial charge >= 0.3 is 0 Å². The summed E-state index contributed by atoms with van der Waals surface area (Å²) in [6.07, 6.45) is 9.21. The maximum Gasteiger partial charge on any atom is 0.117 e. The SMILES string of the molecule is CCC(CCCO/N=C1\c2ccccc2CCC1n1ccnc1)C(=O)[O-]. The number of imidazole rings is 1. The second-order valence-electron chi connectivity index (χ2n) is 6.60. The van der Waals surface area contributed by atoms with E-state index >= 15 is 0 Å². The van der Waals surface area contributed by atoms with Crippen molar-refractivity contribution in [2.45, 2.75) is 45.1 Å². The van der Waals surface area contributed by atoms with Crippen molar-refractivity contribution in [3.63, 3.8) is 0 Å². The monoisotopic (exact) mass is 354 g/mol. The predicted octanol–water partition coefficient (Wildman–Crippen LogP) is 2.35. The van der Waals surface area contributed by atoms with Gasteiger partial charge in [-0.25, -0.2) is 4.98 Å². The van der Waals surface area contributed by atoms with Gasteiger partial charge in [-0.3, -0.25) is 0 Å². The highest BCUT2D eigenvalue weighted by molar-refractivity contribution is 6.05. The van der Waals surface area contributed by atoms with Crippen LogP contribution < -0.4 is 5.11 Å². The van der Waals surface area contributed by atoms with E-state index in [0.29, 0.717) is 25.9 Å². The van der Waals surface area contributed by atoms with Crippen LogP contribution in [0.15, 0.2) is 48.1 Å². The largest absolute Gasteiger partial charge is 0.550 e. The zero-order valence-corrected chi connectivity index (χ0v) is 15.0. The van der Waals surface area contributed by atoms with Crippen molar-refractivity contribution in [1.82, 2.24) is 9.55 Å². The Morgan fingerprint density at radius 2 is 2.31 bits per heavy atom. The van der Waals surface area contributed by atoms with Crippen molar-refractivity contribution in [2.75, 3.05) is 6.61 Å². The molecule has 2 atom stereocenters. The molecule has 6 heteroatoms. The molecule has 6 nitrogen and oxygen atoms in total. The maximum atomic E-state index is 11.0. The Hall–Kier alpha value is -2.63. The molecule has 0 radical (unpaired) electrons. The van der Waals surface area contributed by atoms with E-state index in [1.54, 1.807) is 12.5 Å². The van der Waals surface area contributed by atoms with E-state index in [0.717, 1.165) is 24.1 Å². The summed E-state index contributed by atoms with van der Waals surface area (Å²) in [5.41, 5.74) is 3.28. The van der Waals surface area contributed by atoms with Gasteiger partial charge in [-0.1, -0.05) is 36.3 Å². The van der Waals surface area contributed by atoms with Crippen molar-refractivity contribution >= 4 is 11.7 Å². The molecule has 1 aromatic heterocycles. The highest BCUT2D eigenvalue weighted by atomic mass is 16.6. The number of rotatable bonds is 8. The number of aryl methyl sites for hydroxylation is 1. The topological polar surface area (TPSA) is 79.5 Å². The number of carbonyl (C=O) groups excluding carboxylic acids is 1. The van der Waals surface area contributed by atoms with Crippen LogP contribution in [0.2, 0.25) is 0 Å². The van der Waals surface area contributed by atoms with E-state index < -0.39 is 11.9 Å². The van der Waals surface area contributed by atoms with Crippen LogP contribution in [0.3, 0.4) is 0 Å². The van der Waals surface area contributed by atoms with Gasteiger partial charge < -0.3 is 19.3 Å². The predicted molar refractivity (Wildman–Crippen MR) is 96.5 cm³/mol. The fourth-order valence-corrected chi connectivity index (χ4v) is 3.45. The van der Waals surface area contributed by atoms with Crippen LogP contribution >= 0.6 is 0 Å². The smallest absolute Gasteiger partial charge is 0.117 e. The third kappa shape index (κ3) is 4.12. The highest BCUT2D eigenvalue weighted by Gasteiger charge is 2.27. The van der Waals surface area contributed by atoms with Crippen LogP contribution in [0.25, 0.3) is 0 Å². The summed E-state index contributed by atoms with van der Waals surface area (Å²) in [5, 5.41) is 15.4. The fraction of sp³-hybridized carbons (Fsp3) is 0.450. The Kier molecular flexibility index (Phi) is 6.04. The lowest BCUT2D eigenvalue weighted by Crippen LogP contribution is -2.31. The average Bonchev–Trinajstić information content (AvgIpc) is 3.18. The molecule has 26 heavy (non-hydrogen) atoms. The van der Waals surface area contributed by atoms with E-state index in [2.05, 4.69) is 26.8 Å². The summed E-state index contributed by atoms with van der Waals surface area (Å²) in [7, 11) is 0. The second-order valence-corrected chi connectivity index (χ2v) is 6.60. The Balaban J connectivity index is 1.69. The molecule has 0 spiro atoms. The highest BCUT2D eigenvalue weighted by Crippen LogP contribution is 2.29. The molecule has 0 bridgehead atoms. The third-order valence-corrected chi connectivity index (χ3v) is 4.96. The van der Waals surface area contributed by atoms with E-state index in [-0.39, 0.29) is 6.04 Å². The first-order valence-corrected chi connectivity index (χ1v) is 9.17. The summed E-state index contributed by atoms with van der Waals surface area (Å²) >= 11 is 0. The molecule has 1 aromatic carbocycles. The van der Waals surface area contributed by atoms with Gasteiger partial charge in [-0.15, -0.1) is 0 Å². The molecule has 1 heterocycles. The lowest BCUT2D eigenvalue weighted by molar-refractivity contribution is -0.312. The van der Waals surface area contributed by atoms with E-state index in [4.69, 9.17) is 4.84 Å².